The highest BCUT2D eigenvalue weighted by atomic mass is 16.6. The average molecular weight is 244 g/mol. The maximum Gasteiger partial charge on any atom is 0.143 e. The van der Waals surface area contributed by atoms with E-state index in [9.17, 15) is 5.11 Å². The Kier molecular flexibility index (Phi) is 2.31. The minimum atomic E-state index is 0.164. The van der Waals surface area contributed by atoms with Gasteiger partial charge in [0.15, 0.2) is 0 Å². The van der Waals surface area contributed by atoms with Crippen LogP contribution in [0.1, 0.15) is 11.3 Å². The van der Waals surface area contributed by atoms with Gasteiger partial charge in [-0.05, 0) is 29.8 Å². The molecule has 6 heteroatoms. The van der Waals surface area contributed by atoms with Gasteiger partial charge in [0, 0.05) is 29.2 Å². The lowest BCUT2D eigenvalue weighted by Crippen LogP contribution is -1.98. The third-order valence-corrected chi connectivity index (χ3v) is 3.02. The third-order valence-electron chi connectivity index (χ3n) is 3.02. The first-order valence-electron chi connectivity index (χ1n) is 5.54. The van der Waals surface area contributed by atoms with E-state index >= 15 is 0 Å². The number of nitrogens with zero attached hydrogens (tertiary/aromatic N) is 2. The van der Waals surface area contributed by atoms with Crippen LogP contribution in [0.4, 0.5) is 0 Å². The molecule has 18 heavy (non-hydrogen) atoms. The van der Waals surface area contributed by atoms with Crippen molar-refractivity contribution in [2.45, 2.75) is 13.5 Å². The van der Waals surface area contributed by atoms with E-state index in [2.05, 4.69) is 19.9 Å². The number of nitrogens with two attached hydrogens (primary N) is 1. The van der Waals surface area contributed by atoms with E-state index in [0.717, 1.165) is 16.5 Å². The number of rotatable bonds is 2. The van der Waals surface area contributed by atoms with Crippen LogP contribution in [0.15, 0.2) is 23.0 Å². The van der Waals surface area contributed by atoms with Crippen molar-refractivity contribution in [3.63, 3.8) is 0 Å². The SMILES string of the molecule is Cc1c[nH]c2ccc(-c3nonc3CN)c(O)c12. The fraction of sp³-hybridized carbons (Fsp3) is 0.167. The number of H-pyrrole nitrogens is 1. The zero-order valence-corrected chi connectivity index (χ0v) is 9.77. The van der Waals surface area contributed by atoms with Crippen LogP contribution in [0.3, 0.4) is 0 Å². The Morgan fingerprint density at radius 2 is 2.22 bits per heavy atom. The Morgan fingerprint density at radius 1 is 1.39 bits per heavy atom. The van der Waals surface area contributed by atoms with Gasteiger partial charge >= 0.3 is 0 Å². The minimum absolute atomic E-state index is 0.164. The molecule has 1 aromatic carbocycles. The molecule has 0 atom stereocenters. The molecule has 3 aromatic rings. The molecule has 0 saturated heterocycles. The molecule has 0 amide bonds. The largest absolute Gasteiger partial charge is 0.507 e. The number of phenolic OH excluding ortho intramolecular Hbond substituents is 1. The van der Waals surface area contributed by atoms with Gasteiger partial charge < -0.3 is 15.8 Å². The molecule has 0 fully saturated rings. The van der Waals surface area contributed by atoms with E-state index in [0.29, 0.717) is 17.0 Å². The van der Waals surface area contributed by atoms with E-state index in [1.165, 1.54) is 0 Å². The van der Waals surface area contributed by atoms with Gasteiger partial charge in [0.1, 0.15) is 17.1 Å². The summed E-state index contributed by atoms with van der Waals surface area (Å²) in [7, 11) is 0. The first-order valence-corrected chi connectivity index (χ1v) is 5.54. The normalized spacial score (nSPS) is 11.2. The predicted molar refractivity (Wildman–Crippen MR) is 65.9 cm³/mol. The standard InChI is InChI=1S/C12H12N4O2/c1-6-5-14-8-3-2-7(12(17)10(6)8)11-9(4-13)15-18-16-11/h2-3,5,14,17H,4,13H2,1H3. The highest BCUT2D eigenvalue weighted by Crippen LogP contribution is 2.37. The lowest BCUT2D eigenvalue weighted by atomic mass is 10.0. The van der Waals surface area contributed by atoms with Crippen LogP contribution in [0.25, 0.3) is 22.2 Å². The Labute approximate surface area is 102 Å². The van der Waals surface area contributed by atoms with E-state index in [-0.39, 0.29) is 12.3 Å². The van der Waals surface area contributed by atoms with Gasteiger partial charge in [-0.25, -0.2) is 4.63 Å². The monoisotopic (exact) mass is 244 g/mol. The van der Waals surface area contributed by atoms with Crippen LogP contribution >= 0.6 is 0 Å². The second kappa shape index (κ2) is 3.85. The fourth-order valence-electron chi connectivity index (χ4n) is 2.10. The zero-order valence-electron chi connectivity index (χ0n) is 9.77. The van der Waals surface area contributed by atoms with Gasteiger partial charge in [-0.2, -0.15) is 0 Å². The summed E-state index contributed by atoms with van der Waals surface area (Å²) < 4.78 is 4.67. The van der Waals surface area contributed by atoms with Crippen LogP contribution < -0.4 is 5.73 Å². The van der Waals surface area contributed by atoms with Gasteiger partial charge in [-0.1, -0.05) is 5.16 Å². The molecule has 6 nitrogen and oxygen atoms in total. The molecule has 2 aromatic heterocycles. The molecule has 2 heterocycles. The van der Waals surface area contributed by atoms with Gasteiger partial charge in [-0.15, -0.1) is 0 Å². The first-order chi connectivity index (χ1) is 8.72. The maximum absolute atomic E-state index is 10.3. The molecule has 92 valence electrons. The second-order valence-electron chi connectivity index (χ2n) is 4.12. The first kappa shape index (κ1) is 10.8. The van der Waals surface area contributed by atoms with E-state index in [4.69, 9.17) is 5.73 Å². The molecule has 3 rings (SSSR count). The summed E-state index contributed by atoms with van der Waals surface area (Å²) in [4.78, 5) is 3.09. The Balaban J connectivity index is 2.30. The Hall–Kier alpha value is -2.34. The average Bonchev–Trinajstić information content (AvgIpc) is 2.97. The number of fused-ring (bicyclic) bond motifs is 1. The maximum atomic E-state index is 10.3. The number of aromatic nitrogens is 3. The number of aryl methyl sites for hydroxylation is 1. The van der Waals surface area contributed by atoms with Crippen molar-refractivity contribution in [2.24, 2.45) is 5.73 Å². The van der Waals surface area contributed by atoms with Crippen molar-refractivity contribution >= 4 is 10.9 Å². The number of hydrogen-bond donors (Lipinski definition) is 3. The summed E-state index contributed by atoms with van der Waals surface area (Å²) in [6.07, 6.45) is 1.85. The zero-order chi connectivity index (χ0) is 12.7. The Morgan fingerprint density at radius 3 is 3.00 bits per heavy atom. The quantitative estimate of drug-likeness (QED) is 0.636. The highest BCUT2D eigenvalue weighted by Gasteiger charge is 2.17. The summed E-state index contributed by atoms with van der Waals surface area (Å²) in [5.74, 6) is 0.164. The van der Waals surface area contributed by atoms with E-state index < -0.39 is 0 Å². The number of nitrogens with one attached hydrogen (secondary N) is 1. The summed E-state index contributed by atoms with van der Waals surface area (Å²) in [5.41, 5.74) is 8.98. The van der Waals surface area contributed by atoms with Gasteiger partial charge in [0.25, 0.3) is 0 Å². The molecular formula is C12H12N4O2. The Bertz CT molecular complexity index is 714. The van der Waals surface area contributed by atoms with E-state index in [1.807, 2.05) is 19.2 Å². The van der Waals surface area contributed by atoms with Crippen LogP contribution in [-0.2, 0) is 6.54 Å². The predicted octanol–water partition coefficient (Wildman–Crippen LogP) is 1.69. The lowest BCUT2D eigenvalue weighted by molar-refractivity contribution is 0.304. The van der Waals surface area contributed by atoms with Crippen molar-refractivity contribution in [1.29, 1.82) is 0 Å². The minimum Gasteiger partial charge on any atom is -0.507 e. The summed E-state index contributed by atoms with van der Waals surface area (Å²) in [6, 6.07) is 3.65. The molecule has 0 aliphatic rings. The van der Waals surface area contributed by atoms with Crippen LogP contribution in [0, 0.1) is 6.92 Å². The molecule has 4 N–H and O–H groups in total. The molecule has 0 aliphatic carbocycles. The van der Waals surface area contributed by atoms with Crippen molar-refractivity contribution < 1.29 is 9.74 Å². The number of phenols is 1. The summed E-state index contributed by atoms with van der Waals surface area (Å²) >= 11 is 0. The van der Waals surface area contributed by atoms with Crippen LogP contribution in [-0.4, -0.2) is 20.4 Å². The van der Waals surface area contributed by atoms with Gasteiger partial charge in [-0.3, -0.25) is 0 Å². The number of hydrogen-bond acceptors (Lipinski definition) is 5. The fourth-order valence-corrected chi connectivity index (χ4v) is 2.10. The number of aromatic hydroxyl groups is 1. The molecule has 0 radical (unpaired) electrons. The van der Waals surface area contributed by atoms with Gasteiger partial charge in [0.2, 0.25) is 0 Å². The molecule has 0 aliphatic heterocycles. The summed E-state index contributed by atoms with van der Waals surface area (Å²) in [5, 5.41) is 18.6. The highest BCUT2D eigenvalue weighted by molar-refractivity contribution is 5.95. The third kappa shape index (κ3) is 1.39. The van der Waals surface area contributed by atoms with Crippen molar-refractivity contribution in [1.82, 2.24) is 15.3 Å². The van der Waals surface area contributed by atoms with E-state index in [1.54, 1.807) is 6.07 Å². The van der Waals surface area contributed by atoms with Crippen LogP contribution in [0.5, 0.6) is 5.75 Å². The molecule has 0 saturated carbocycles. The lowest BCUT2D eigenvalue weighted by Gasteiger charge is -2.04. The number of benzene rings is 1. The topological polar surface area (TPSA) is 101 Å². The smallest absolute Gasteiger partial charge is 0.143 e. The molecular weight excluding hydrogens is 232 g/mol. The van der Waals surface area contributed by atoms with Crippen molar-refractivity contribution in [3.05, 3.63) is 29.6 Å². The number of aromatic amines is 1. The van der Waals surface area contributed by atoms with Crippen molar-refractivity contribution in [2.75, 3.05) is 0 Å². The molecule has 0 unspecified atom stereocenters. The van der Waals surface area contributed by atoms with Gasteiger partial charge in [0.05, 0.1) is 0 Å². The molecule has 0 bridgehead atoms. The van der Waals surface area contributed by atoms with Crippen LogP contribution in [0.2, 0.25) is 0 Å². The summed E-state index contributed by atoms with van der Waals surface area (Å²) in [6.45, 7) is 2.13. The molecule has 0 spiro atoms. The second-order valence-corrected chi connectivity index (χ2v) is 4.12. The van der Waals surface area contributed by atoms with Crippen molar-refractivity contribution in [3.8, 4) is 17.0 Å².